The molecule has 6 N–H and O–H groups in total. The van der Waals surface area contributed by atoms with Crippen LogP contribution in [0.3, 0.4) is 0 Å². The third-order valence-corrected chi connectivity index (χ3v) is 3.77. The van der Waals surface area contributed by atoms with Crippen molar-refractivity contribution in [2.75, 3.05) is 0 Å². The van der Waals surface area contributed by atoms with E-state index >= 15 is 0 Å². The number of rotatable bonds is 6. The molecule has 2 aromatic rings. The number of hydrogen-bond acceptors (Lipinski definition) is 4. The van der Waals surface area contributed by atoms with Crippen molar-refractivity contribution in [1.82, 2.24) is 0 Å². The van der Waals surface area contributed by atoms with Gasteiger partial charge in [-0.3, -0.25) is 0 Å². The summed E-state index contributed by atoms with van der Waals surface area (Å²) in [5.41, 5.74) is -0.356. The zero-order valence-electron chi connectivity index (χ0n) is 21.6. The molecule has 0 unspecified atom stereocenters. The minimum Gasteiger partial charge on any atom is -0.872 e. The molecule has 2 rings (SSSR count). The van der Waals surface area contributed by atoms with Crippen LogP contribution in [-0.2, 0) is 0 Å². The summed E-state index contributed by atoms with van der Waals surface area (Å²) < 4.78 is 0. The highest BCUT2D eigenvalue weighted by Gasteiger charge is 2.01. The van der Waals surface area contributed by atoms with Crippen molar-refractivity contribution < 1.29 is 40.6 Å². The number of carboxylic acid groups (broad SMARTS) is 2. The zero-order chi connectivity index (χ0) is 26.8. The lowest BCUT2D eigenvalue weighted by atomic mass is 10.2. The van der Waals surface area contributed by atoms with Crippen molar-refractivity contribution in [3.05, 3.63) is 59.7 Å². The Bertz CT molecular complexity index is 754. The summed E-state index contributed by atoms with van der Waals surface area (Å²) in [6.07, 6.45) is 0. The van der Waals surface area contributed by atoms with Gasteiger partial charge in [0.1, 0.15) is 0 Å². The van der Waals surface area contributed by atoms with Gasteiger partial charge in [-0.2, -0.15) is 0 Å². The first-order valence-electron chi connectivity index (χ1n) is 11.4. The Kier molecular flexibility index (Phi) is 17.8. The Balaban J connectivity index is 0. The first kappa shape index (κ1) is 33.1. The maximum absolute atomic E-state index is 10.7. The second-order valence-corrected chi connectivity index (χ2v) is 8.96. The number of benzene rings is 2. The number of nitrogens with two attached hydrogens (primary N) is 2. The molecule has 2 aromatic carbocycles. The van der Waals surface area contributed by atoms with Crippen LogP contribution in [0.2, 0.25) is 0 Å². The quantitative estimate of drug-likeness (QED) is 0.495. The van der Waals surface area contributed by atoms with Crippen molar-refractivity contribution in [3.63, 3.8) is 0 Å². The highest BCUT2D eigenvalue weighted by Crippen LogP contribution is 2.11. The maximum Gasteiger partial charge on any atom is 0.335 e. The molecular weight excluding hydrogens is 436 g/mol. The van der Waals surface area contributed by atoms with E-state index in [1.54, 1.807) is 0 Å². The summed E-state index contributed by atoms with van der Waals surface area (Å²) in [5, 5.41) is 42.8. The number of para-hydroxylation sites is 2. The smallest absolute Gasteiger partial charge is 0.335 e. The Labute approximate surface area is 203 Å². The van der Waals surface area contributed by atoms with Crippen molar-refractivity contribution in [2.24, 2.45) is 0 Å². The maximum atomic E-state index is 10.7. The molecule has 192 valence electrons. The monoisotopic (exact) mass is 478 g/mol. The van der Waals surface area contributed by atoms with Crippen LogP contribution in [0.1, 0.15) is 76.1 Å². The predicted octanol–water partition coefficient (Wildman–Crippen LogP) is 1.65. The minimum atomic E-state index is -1.18. The minimum absolute atomic E-state index is 0.178. The van der Waals surface area contributed by atoms with E-state index < -0.39 is 23.4 Å². The predicted molar refractivity (Wildman–Crippen MR) is 130 cm³/mol. The van der Waals surface area contributed by atoms with Gasteiger partial charge < -0.3 is 31.1 Å². The summed E-state index contributed by atoms with van der Waals surface area (Å²) in [5.74, 6) is -3.25. The lowest BCUT2D eigenvalue weighted by Gasteiger charge is -2.07. The van der Waals surface area contributed by atoms with Gasteiger partial charge in [0.25, 0.3) is 0 Å². The standard InChI is InChI=1S/2C7H6O3.2C6H15N/c2*8-6-4-2-1-3-5(6)7(9)10;2*1-5(2)7-6(3)4/h2*1-4,8H,(H,9,10);2*5-7H,1-4H3. The Hall–Kier alpha value is -3.10. The molecule has 0 heterocycles. The largest absolute Gasteiger partial charge is 0.872 e. The van der Waals surface area contributed by atoms with E-state index in [-0.39, 0.29) is 11.1 Å². The van der Waals surface area contributed by atoms with Gasteiger partial charge in [0.15, 0.2) is 0 Å². The van der Waals surface area contributed by atoms with E-state index in [0.29, 0.717) is 0 Å². The highest BCUT2D eigenvalue weighted by atomic mass is 16.4. The van der Waals surface area contributed by atoms with Crippen LogP contribution in [0.4, 0.5) is 0 Å². The highest BCUT2D eigenvalue weighted by molar-refractivity contribution is 5.90. The molecule has 0 radical (unpaired) electrons. The SMILES string of the molecule is CC(C)[NH2+]C(C)C.CC(C)[NH2+]C(C)C.O=C(O)c1ccccc1[O-].O=C(O)c1ccccc1[O-]. The van der Waals surface area contributed by atoms with E-state index in [4.69, 9.17) is 10.2 Å². The molecule has 0 amide bonds. The van der Waals surface area contributed by atoms with Gasteiger partial charge >= 0.3 is 11.9 Å². The lowest BCUT2D eigenvalue weighted by Crippen LogP contribution is -2.92. The molecule has 0 aliphatic rings. The van der Waals surface area contributed by atoms with E-state index in [0.717, 1.165) is 24.2 Å². The fourth-order valence-corrected chi connectivity index (χ4v) is 2.83. The van der Waals surface area contributed by atoms with Crippen molar-refractivity contribution >= 4 is 11.9 Å². The molecule has 8 heteroatoms. The average molecular weight is 479 g/mol. The molecule has 0 saturated carbocycles. The molecule has 0 fully saturated rings. The fourth-order valence-electron chi connectivity index (χ4n) is 2.83. The van der Waals surface area contributed by atoms with Crippen molar-refractivity contribution in [2.45, 2.75) is 79.6 Å². The molecule has 0 aliphatic carbocycles. The van der Waals surface area contributed by atoms with Gasteiger partial charge in [-0.15, -0.1) is 0 Å². The van der Waals surface area contributed by atoms with E-state index in [1.807, 2.05) is 0 Å². The van der Waals surface area contributed by atoms with Crippen LogP contribution in [0, 0.1) is 0 Å². The molecule has 34 heavy (non-hydrogen) atoms. The van der Waals surface area contributed by atoms with Crippen LogP contribution in [-0.4, -0.2) is 46.3 Å². The molecule has 0 aliphatic heterocycles. The van der Waals surface area contributed by atoms with Crippen LogP contribution >= 0.6 is 0 Å². The number of aromatic carboxylic acids is 2. The second-order valence-electron chi connectivity index (χ2n) is 8.96. The molecule has 0 atom stereocenters. The third kappa shape index (κ3) is 18.5. The van der Waals surface area contributed by atoms with Gasteiger partial charge in [0, 0.05) is 0 Å². The van der Waals surface area contributed by atoms with Crippen molar-refractivity contribution in [1.29, 1.82) is 0 Å². The Morgan fingerprint density at radius 2 is 0.824 bits per heavy atom. The summed E-state index contributed by atoms with van der Waals surface area (Å²) in [4.78, 5) is 20.4. The molecule has 0 bridgehead atoms. The van der Waals surface area contributed by atoms with Gasteiger partial charge in [-0.1, -0.05) is 47.9 Å². The van der Waals surface area contributed by atoms with Gasteiger partial charge in [-0.25, -0.2) is 9.59 Å². The summed E-state index contributed by atoms with van der Waals surface area (Å²) in [7, 11) is 0. The van der Waals surface area contributed by atoms with Crippen LogP contribution in [0.5, 0.6) is 11.5 Å². The molecule has 0 aromatic heterocycles. The van der Waals surface area contributed by atoms with Crippen molar-refractivity contribution in [3.8, 4) is 11.5 Å². The normalized spacial score (nSPS) is 10.0. The first-order valence-corrected chi connectivity index (χ1v) is 11.4. The van der Waals surface area contributed by atoms with E-state index in [9.17, 15) is 19.8 Å². The average Bonchev–Trinajstić information content (AvgIpc) is 2.67. The fraction of sp³-hybridized carbons (Fsp3) is 0.462. The molecule has 8 nitrogen and oxygen atoms in total. The lowest BCUT2D eigenvalue weighted by molar-refractivity contribution is -0.709. The number of carbonyl (C=O) groups is 2. The van der Waals surface area contributed by atoms with Crippen LogP contribution < -0.4 is 20.8 Å². The van der Waals surface area contributed by atoms with E-state index in [1.165, 1.54) is 48.5 Å². The summed E-state index contributed by atoms with van der Waals surface area (Å²) >= 11 is 0. The Morgan fingerprint density at radius 1 is 0.588 bits per heavy atom. The topological polar surface area (TPSA) is 154 Å². The van der Waals surface area contributed by atoms with Gasteiger partial charge in [0.05, 0.1) is 35.3 Å². The van der Waals surface area contributed by atoms with Crippen LogP contribution in [0.15, 0.2) is 48.5 Å². The first-order chi connectivity index (χ1) is 15.7. The van der Waals surface area contributed by atoms with Crippen LogP contribution in [0.25, 0.3) is 0 Å². The molecule has 0 saturated heterocycles. The van der Waals surface area contributed by atoms with E-state index in [2.05, 4.69) is 66.0 Å². The second kappa shape index (κ2) is 18.3. The Morgan fingerprint density at radius 3 is 0.941 bits per heavy atom. The van der Waals surface area contributed by atoms with Gasteiger partial charge in [-0.05, 0) is 67.5 Å². The summed E-state index contributed by atoms with van der Waals surface area (Å²) in [6, 6.07) is 14.1. The number of hydrogen-bond donors (Lipinski definition) is 4. The third-order valence-electron chi connectivity index (χ3n) is 3.77. The zero-order valence-corrected chi connectivity index (χ0v) is 21.6. The number of quaternary nitrogens is 2. The molecular formula is C26H42N2O6. The molecule has 0 spiro atoms. The van der Waals surface area contributed by atoms with Gasteiger partial charge in [0.2, 0.25) is 0 Å². The number of carboxylic acids is 2. The summed E-state index contributed by atoms with van der Waals surface area (Å²) in [6.45, 7) is 17.7.